The van der Waals surface area contributed by atoms with Gasteiger partial charge in [-0.15, -0.1) is 0 Å². The van der Waals surface area contributed by atoms with Crippen LogP contribution in [0.5, 0.6) is 0 Å². The Morgan fingerprint density at radius 3 is 2.35 bits per heavy atom. The van der Waals surface area contributed by atoms with E-state index < -0.39 is 11.4 Å². The minimum Gasteiger partial charge on any atom is -0.481 e. The van der Waals surface area contributed by atoms with E-state index >= 15 is 0 Å². The Kier molecular flexibility index (Phi) is 3.20. The van der Waals surface area contributed by atoms with E-state index in [1.807, 2.05) is 12.1 Å². The largest absolute Gasteiger partial charge is 0.481 e. The molecule has 0 amide bonds. The van der Waals surface area contributed by atoms with Gasteiger partial charge in [0, 0.05) is 5.92 Å². The highest BCUT2D eigenvalue weighted by atomic mass is 16.5. The van der Waals surface area contributed by atoms with Crippen LogP contribution in [0.3, 0.4) is 0 Å². The molecular weight excluding hydrogens is 216 g/mol. The smallest absolute Gasteiger partial charge is 0.309 e. The lowest BCUT2D eigenvalue weighted by molar-refractivity contribution is -0.146. The van der Waals surface area contributed by atoms with E-state index in [4.69, 9.17) is 9.84 Å². The zero-order chi connectivity index (χ0) is 12.5. The molecule has 1 aliphatic heterocycles. The lowest BCUT2D eigenvalue weighted by atomic mass is 9.85. The van der Waals surface area contributed by atoms with Gasteiger partial charge in [0.2, 0.25) is 0 Å². The maximum Gasteiger partial charge on any atom is 0.309 e. The third-order valence-electron chi connectivity index (χ3n) is 3.31. The van der Waals surface area contributed by atoms with Crippen LogP contribution in [0.4, 0.5) is 0 Å². The maximum absolute atomic E-state index is 11.0. The predicted octanol–water partition coefficient (Wildman–Crippen LogP) is 2.45. The Morgan fingerprint density at radius 2 is 1.94 bits per heavy atom. The number of carboxylic acids is 1. The van der Waals surface area contributed by atoms with Gasteiger partial charge >= 0.3 is 5.97 Å². The van der Waals surface area contributed by atoms with Gasteiger partial charge < -0.3 is 9.84 Å². The van der Waals surface area contributed by atoms with E-state index in [1.165, 1.54) is 5.56 Å². The van der Waals surface area contributed by atoms with Gasteiger partial charge in [0.05, 0.1) is 18.6 Å². The molecule has 3 heteroatoms. The summed E-state index contributed by atoms with van der Waals surface area (Å²) >= 11 is 0. The van der Waals surface area contributed by atoms with Gasteiger partial charge in [-0.05, 0) is 31.4 Å². The van der Waals surface area contributed by atoms with Crippen molar-refractivity contribution >= 4 is 5.97 Å². The molecule has 1 aromatic carbocycles. The van der Waals surface area contributed by atoms with Crippen LogP contribution < -0.4 is 0 Å². The fraction of sp³-hybridized carbons (Fsp3) is 0.500. The van der Waals surface area contributed by atoms with Crippen molar-refractivity contribution in [2.24, 2.45) is 5.41 Å². The van der Waals surface area contributed by atoms with Crippen LogP contribution in [-0.4, -0.2) is 24.3 Å². The van der Waals surface area contributed by atoms with E-state index in [2.05, 4.69) is 12.1 Å². The summed E-state index contributed by atoms with van der Waals surface area (Å²) in [4.78, 5) is 11.0. The topological polar surface area (TPSA) is 46.5 Å². The zero-order valence-electron chi connectivity index (χ0n) is 10.3. The highest BCUT2D eigenvalue weighted by Gasteiger charge is 2.27. The zero-order valence-corrected chi connectivity index (χ0v) is 10.3. The number of benzene rings is 1. The van der Waals surface area contributed by atoms with Gasteiger partial charge in [0.15, 0.2) is 0 Å². The van der Waals surface area contributed by atoms with Crippen molar-refractivity contribution in [3.8, 4) is 0 Å². The molecule has 1 heterocycles. The number of carbonyl (C=O) groups is 1. The van der Waals surface area contributed by atoms with Crippen LogP contribution in [0.1, 0.15) is 30.9 Å². The van der Waals surface area contributed by atoms with Crippen molar-refractivity contribution in [2.75, 3.05) is 13.2 Å². The summed E-state index contributed by atoms with van der Waals surface area (Å²) in [6.45, 7) is 5.12. The van der Waals surface area contributed by atoms with Crippen LogP contribution in [0.25, 0.3) is 0 Å². The minimum absolute atomic E-state index is 0.525. The minimum atomic E-state index is -0.756. The number of hydrogen-bond acceptors (Lipinski definition) is 2. The lowest BCUT2D eigenvalue weighted by Crippen LogP contribution is -2.26. The van der Waals surface area contributed by atoms with Crippen LogP contribution >= 0.6 is 0 Å². The molecule has 1 aliphatic rings. The first-order valence-electron chi connectivity index (χ1n) is 5.89. The third kappa shape index (κ3) is 2.67. The predicted molar refractivity (Wildman–Crippen MR) is 65.1 cm³/mol. The van der Waals surface area contributed by atoms with E-state index in [0.717, 1.165) is 18.8 Å². The van der Waals surface area contributed by atoms with E-state index in [9.17, 15) is 4.79 Å². The summed E-state index contributed by atoms with van der Waals surface area (Å²) in [6, 6.07) is 8.22. The molecule has 92 valence electrons. The van der Waals surface area contributed by atoms with Crippen molar-refractivity contribution < 1.29 is 14.6 Å². The Bertz CT molecular complexity index is 402. The third-order valence-corrected chi connectivity index (χ3v) is 3.31. The molecule has 0 atom stereocenters. The quantitative estimate of drug-likeness (QED) is 0.870. The molecule has 0 saturated carbocycles. The maximum atomic E-state index is 11.0. The van der Waals surface area contributed by atoms with Crippen LogP contribution in [0, 0.1) is 5.41 Å². The molecule has 0 radical (unpaired) electrons. The van der Waals surface area contributed by atoms with Crippen LogP contribution in [-0.2, 0) is 16.0 Å². The van der Waals surface area contributed by atoms with Crippen molar-refractivity contribution in [3.05, 3.63) is 35.4 Å². The highest BCUT2D eigenvalue weighted by Crippen LogP contribution is 2.26. The van der Waals surface area contributed by atoms with Gasteiger partial charge in [0.25, 0.3) is 0 Å². The van der Waals surface area contributed by atoms with Crippen LogP contribution in [0.15, 0.2) is 24.3 Å². The summed E-state index contributed by atoms with van der Waals surface area (Å²) in [6.07, 6.45) is 0.559. The Balaban J connectivity index is 2.05. The number of aliphatic carboxylic acids is 1. The van der Waals surface area contributed by atoms with Gasteiger partial charge in [-0.2, -0.15) is 0 Å². The second-order valence-electron chi connectivity index (χ2n) is 5.34. The number of ether oxygens (including phenoxy) is 1. The molecule has 0 unspecified atom stereocenters. The molecule has 0 bridgehead atoms. The summed E-state index contributed by atoms with van der Waals surface area (Å²) in [5.41, 5.74) is 1.65. The summed E-state index contributed by atoms with van der Waals surface area (Å²) in [5.74, 6) is -0.231. The second kappa shape index (κ2) is 4.49. The molecule has 0 aliphatic carbocycles. The van der Waals surface area contributed by atoms with Crippen molar-refractivity contribution in [2.45, 2.75) is 26.2 Å². The van der Waals surface area contributed by atoms with Gasteiger partial charge in [-0.1, -0.05) is 24.3 Å². The molecule has 1 fully saturated rings. The normalized spacial score (nSPS) is 16.6. The van der Waals surface area contributed by atoms with Crippen molar-refractivity contribution in [1.29, 1.82) is 0 Å². The van der Waals surface area contributed by atoms with Gasteiger partial charge in [-0.3, -0.25) is 4.79 Å². The van der Waals surface area contributed by atoms with Crippen LogP contribution in [0.2, 0.25) is 0 Å². The molecular formula is C14H18O3. The molecule has 1 saturated heterocycles. The summed E-state index contributed by atoms with van der Waals surface area (Å²) in [7, 11) is 0. The monoisotopic (exact) mass is 234 g/mol. The van der Waals surface area contributed by atoms with Gasteiger partial charge in [0.1, 0.15) is 0 Å². The fourth-order valence-electron chi connectivity index (χ4n) is 1.92. The second-order valence-corrected chi connectivity index (χ2v) is 5.34. The average Bonchev–Trinajstić information content (AvgIpc) is 2.17. The standard InChI is InChI=1S/C14H18O3/c1-14(2,13(15)16)7-10-3-5-11(6-4-10)12-8-17-9-12/h3-6,12H,7-9H2,1-2H3,(H,15,16). The Morgan fingerprint density at radius 1 is 1.35 bits per heavy atom. The number of rotatable bonds is 4. The van der Waals surface area contributed by atoms with Crippen molar-refractivity contribution in [3.63, 3.8) is 0 Å². The number of carboxylic acid groups (broad SMARTS) is 1. The van der Waals surface area contributed by atoms with Gasteiger partial charge in [-0.25, -0.2) is 0 Å². The lowest BCUT2D eigenvalue weighted by Gasteiger charge is -2.26. The molecule has 2 rings (SSSR count). The molecule has 1 N–H and O–H groups in total. The van der Waals surface area contributed by atoms with E-state index in [0.29, 0.717) is 12.3 Å². The van der Waals surface area contributed by atoms with E-state index in [-0.39, 0.29) is 0 Å². The molecule has 0 spiro atoms. The molecule has 3 nitrogen and oxygen atoms in total. The summed E-state index contributed by atoms with van der Waals surface area (Å²) < 4.78 is 5.15. The first-order valence-corrected chi connectivity index (χ1v) is 5.89. The SMILES string of the molecule is CC(C)(Cc1ccc(C2COC2)cc1)C(=O)O. The molecule has 1 aromatic rings. The first kappa shape index (κ1) is 12.1. The summed E-state index contributed by atoms with van der Waals surface area (Å²) in [5, 5.41) is 9.08. The first-order chi connectivity index (χ1) is 7.99. The van der Waals surface area contributed by atoms with E-state index in [1.54, 1.807) is 13.8 Å². The Labute approximate surface area is 101 Å². The molecule has 17 heavy (non-hydrogen) atoms. The van der Waals surface area contributed by atoms with Crippen molar-refractivity contribution in [1.82, 2.24) is 0 Å². The Hall–Kier alpha value is -1.35. The fourth-order valence-corrected chi connectivity index (χ4v) is 1.92. The average molecular weight is 234 g/mol. The molecule has 0 aromatic heterocycles. The highest BCUT2D eigenvalue weighted by molar-refractivity contribution is 5.74. The number of hydrogen-bond donors (Lipinski definition) is 1.